The van der Waals surface area contributed by atoms with Crippen LogP contribution in [0.2, 0.25) is 0 Å². The third kappa shape index (κ3) is 4.15. The second kappa shape index (κ2) is 8.91. The summed E-state index contributed by atoms with van der Waals surface area (Å²) in [7, 11) is -1.71. The van der Waals surface area contributed by atoms with Crippen LogP contribution in [0, 0.1) is 19.8 Å². The molecule has 4 rings (SSSR count). The van der Waals surface area contributed by atoms with Gasteiger partial charge in [0.25, 0.3) is 5.91 Å². The minimum atomic E-state index is -3.58. The highest BCUT2D eigenvalue weighted by Crippen LogP contribution is 2.35. The number of aryl methyl sites for hydroxylation is 1. The van der Waals surface area contributed by atoms with Gasteiger partial charge >= 0.3 is 0 Å². The van der Waals surface area contributed by atoms with E-state index in [-0.39, 0.29) is 11.9 Å². The summed E-state index contributed by atoms with van der Waals surface area (Å²) in [5.74, 6) is 0.700. The Kier molecular flexibility index (Phi) is 6.53. The maximum absolute atomic E-state index is 13.5. The fraction of sp³-hybridized carbons (Fsp3) is 0.652. The number of amides is 1. The van der Waals surface area contributed by atoms with Crippen LogP contribution in [-0.2, 0) is 17.1 Å². The van der Waals surface area contributed by atoms with Gasteiger partial charge in [0.15, 0.2) is 0 Å². The van der Waals surface area contributed by atoms with E-state index in [1.54, 1.807) is 10.4 Å². The van der Waals surface area contributed by atoms with Gasteiger partial charge in [0.2, 0.25) is 10.0 Å². The molecule has 2 saturated heterocycles. The topological polar surface area (TPSA) is 75.5 Å². The Hall–Kier alpha value is -1.71. The molecule has 2 fully saturated rings. The predicted molar refractivity (Wildman–Crippen MR) is 128 cm³/mol. The first kappa shape index (κ1) is 23.4. The summed E-state index contributed by atoms with van der Waals surface area (Å²) < 4.78 is 30.5. The SMILES string of the molecule is Cc1nc(-c2cc(S(=O)(=O)N3CCCC[C@@H]3C)c(C)n2C)sc1C(=O)N1CCC(C)CC1. The fourth-order valence-corrected chi connectivity index (χ4v) is 7.81. The molecule has 2 aliphatic rings. The van der Waals surface area contributed by atoms with Crippen molar-refractivity contribution in [2.75, 3.05) is 19.6 Å². The van der Waals surface area contributed by atoms with Gasteiger partial charge in [-0.2, -0.15) is 4.31 Å². The highest BCUT2D eigenvalue weighted by Gasteiger charge is 2.34. The lowest BCUT2D eigenvalue weighted by molar-refractivity contribution is 0.0701. The molecule has 1 amide bonds. The summed E-state index contributed by atoms with van der Waals surface area (Å²) in [6, 6.07) is 1.75. The second-order valence-corrected chi connectivity index (χ2v) is 12.3. The van der Waals surface area contributed by atoms with Crippen LogP contribution in [-0.4, -0.2) is 58.8 Å². The van der Waals surface area contributed by atoms with Crippen LogP contribution in [0.1, 0.15) is 67.0 Å². The first-order chi connectivity index (χ1) is 15.1. The number of thiazole rings is 1. The lowest BCUT2D eigenvalue weighted by Crippen LogP contribution is -2.42. The number of aromatic nitrogens is 2. The van der Waals surface area contributed by atoms with Gasteiger partial charge in [0.05, 0.1) is 11.4 Å². The van der Waals surface area contributed by atoms with E-state index in [9.17, 15) is 13.2 Å². The minimum absolute atomic E-state index is 0.00963. The molecule has 0 aromatic carbocycles. The quantitative estimate of drug-likeness (QED) is 0.660. The average molecular weight is 479 g/mol. The molecule has 0 spiro atoms. The Balaban J connectivity index is 1.66. The van der Waals surface area contributed by atoms with Crippen molar-refractivity contribution in [3.8, 4) is 10.7 Å². The number of piperidine rings is 2. The van der Waals surface area contributed by atoms with Crippen molar-refractivity contribution in [1.29, 1.82) is 0 Å². The molecule has 2 aliphatic heterocycles. The Morgan fingerprint density at radius 1 is 1.09 bits per heavy atom. The predicted octanol–water partition coefficient (Wildman–Crippen LogP) is 4.20. The summed E-state index contributed by atoms with van der Waals surface area (Å²) in [4.78, 5) is 20.7. The molecule has 7 nitrogen and oxygen atoms in total. The fourth-order valence-electron chi connectivity index (χ4n) is 4.75. The van der Waals surface area contributed by atoms with Crippen LogP contribution in [0.5, 0.6) is 0 Å². The highest BCUT2D eigenvalue weighted by atomic mass is 32.2. The number of carbonyl (C=O) groups is 1. The molecule has 4 heterocycles. The zero-order valence-electron chi connectivity index (χ0n) is 19.7. The van der Waals surface area contributed by atoms with Crippen LogP contribution < -0.4 is 0 Å². The van der Waals surface area contributed by atoms with E-state index >= 15 is 0 Å². The standard InChI is InChI=1S/C23H34N4O3S2/c1-15-9-12-26(13-10-15)23(28)21-17(3)24-22(31-21)19-14-20(18(4)25(19)5)32(29,30)27-11-7-6-8-16(27)2/h14-16H,6-13H2,1-5H3/t16-/m0/s1. The Morgan fingerprint density at radius 2 is 1.78 bits per heavy atom. The van der Waals surface area contributed by atoms with Crippen molar-refractivity contribution >= 4 is 27.3 Å². The average Bonchev–Trinajstić information content (AvgIpc) is 3.28. The summed E-state index contributed by atoms with van der Waals surface area (Å²) in [5, 5.41) is 0.690. The van der Waals surface area contributed by atoms with Crippen molar-refractivity contribution in [2.24, 2.45) is 13.0 Å². The van der Waals surface area contributed by atoms with E-state index in [4.69, 9.17) is 0 Å². The summed E-state index contributed by atoms with van der Waals surface area (Å²) in [5.41, 5.74) is 2.15. The van der Waals surface area contributed by atoms with Gasteiger partial charge in [-0.3, -0.25) is 4.79 Å². The van der Waals surface area contributed by atoms with E-state index in [1.165, 1.54) is 11.3 Å². The Labute approximate surface area is 195 Å². The van der Waals surface area contributed by atoms with Crippen molar-refractivity contribution in [1.82, 2.24) is 18.8 Å². The minimum Gasteiger partial charge on any atom is -0.345 e. The number of hydrogen-bond donors (Lipinski definition) is 0. The monoisotopic (exact) mass is 478 g/mol. The molecule has 0 aliphatic carbocycles. The van der Waals surface area contributed by atoms with E-state index in [0.29, 0.717) is 38.6 Å². The van der Waals surface area contributed by atoms with Crippen molar-refractivity contribution in [3.05, 3.63) is 22.3 Å². The number of carbonyl (C=O) groups excluding carboxylic acids is 1. The second-order valence-electron chi connectivity index (χ2n) is 9.41. The van der Waals surface area contributed by atoms with Gasteiger partial charge in [0, 0.05) is 38.4 Å². The molecule has 0 saturated carbocycles. The van der Waals surface area contributed by atoms with Crippen molar-refractivity contribution < 1.29 is 13.2 Å². The van der Waals surface area contributed by atoms with Crippen LogP contribution in [0.25, 0.3) is 10.7 Å². The number of nitrogens with zero attached hydrogens (tertiary/aromatic N) is 4. The van der Waals surface area contributed by atoms with Crippen LogP contribution in [0.3, 0.4) is 0 Å². The van der Waals surface area contributed by atoms with E-state index in [1.807, 2.05) is 37.3 Å². The molecule has 1 atom stereocenters. The van der Waals surface area contributed by atoms with Gasteiger partial charge in [0.1, 0.15) is 14.8 Å². The van der Waals surface area contributed by atoms with Gasteiger partial charge in [-0.15, -0.1) is 11.3 Å². The summed E-state index contributed by atoms with van der Waals surface area (Å²) in [6.45, 7) is 10.1. The van der Waals surface area contributed by atoms with Crippen LogP contribution in [0.4, 0.5) is 0 Å². The molecule has 176 valence electrons. The molecule has 0 unspecified atom stereocenters. The van der Waals surface area contributed by atoms with Gasteiger partial charge in [-0.25, -0.2) is 13.4 Å². The molecular formula is C23H34N4O3S2. The lowest BCUT2D eigenvalue weighted by Gasteiger charge is -2.32. The molecule has 2 aromatic heterocycles. The lowest BCUT2D eigenvalue weighted by atomic mass is 9.99. The van der Waals surface area contributed by atoms with Gasteiger partial charge in [-0.1, -0.05) is 13.3 Å². The zero-order chi connectivity index (χ0) is 23.2. The Morgan fingerprint density at radius 3 is 2.44 bits per heavy atom. The largest absolute Gasteiger partial charge is 0.345 e. The highest BCUT2D eigenvalue weighted by molar-refractivity contribution is 7.89. The van der Waals surface area contributed by atoms with Crippen molar-refractivity contribution in [3.63, 3.8) is 0 Å². The number of hydrogen-bond acceptors (Lipinski definition) is 5. The van der Waals surface area contributed by atoms with E-state index < -0.39 is 10.0 Å². The maximum Gasteiger partial charge on any atom is 0.265 e. The molecule has 0 N–H and O–H groups in total. The smallest absolute Gasteiger partial charge is 0.265 e. The number of sulfonamides is 1. The summed E-state index contributed by atoms with van der Waals surface area (Å²) >= 11 is 1.37. The molecule has 32 heavy (non-hydrogen) atoms. The zero-order valence-corrected chi connectivity index (χ0v) is 21.4. The van der Waals surface area contributed by atoms with E-state index in [0.717, 1.165) is 50.9 Å². The first-order valence-corrected chi connectivity index (χ1v) is 13.8. The van der Waals surface area contributed by atoms with Crippen LogP contribution in [0.15, 0.2) is 11.0 Å². The maximum atomic E-state index is 13.5. The number of likely N-dealkylation sites (tertiary alicyclic amines) is 1. The molecular weight excluding hydrogens is 444 g/mol. The van der Waals surface area contributed by atoms with E-state index in [2.05, 4.69) is 11.9 Å². The first-order valence-electron chi connectivity index (χ1n) is 11.6. The molecule has 0 radical (unpaired) electrons. The van der Waals surface area contributed by atoms with Gasteiger partial charge in [-0.05, 0) is 58.4 Å². The van der Waals surface area contributed by atoms with Crippen LogP contribution >= 0.6 is 11.3 Å². The third-order valence-electron chi connectivity index (χ3n) is 7.10. The van der Waals surface area contributed by atoms with Crippen molar-refractivity contribution in [2.45, 2.75) is 70.7 Å². The molecule has 0 bridgehead atoms. The molecule has 9 heteroatoms. The number of rotatable bonds is 4. The Bertz CT molecular complexity index is 1110. The van der Waals surface area contributed by atoms with Gasteiger partial charge < -0.3 is 9.47 Å². The normalized spacial score (nSPS) is 21.3. The third-order valence-corrected chi connectivity index (χ3v) is 10.4. The summed E-state index contributed by atoms with van der Waals surface area (Å²) in [6.07, 6.45) is 4.92. The molecule has 2 aromatic rings.